The third kappa shape index (κ3) is 16.0. The van der Waals surface area contributed by atoms with Crippen LogP contribution in [-0.4, -0.2) is 96.7 Å². The lowest BCUT2D eigenvalue weighted by molar-refractivity contribution is -0.140. The summed E-state index contributed by atoms with van der Waals surface area (Å²) in [5.41, 5.74) is 1.35. The molecule has 14 nitrogen and oxygen atoms in total. The molecule has 0 saturated heterocycles. The lowest BCUT2D eigenvalue weighted by Gasteiger charge is -2.31. The maximum atomic E-state index is 13.4. The van der Waals surface area contributed by atoms with Crippen LogP contribution in [0.25, 0.3) is 0 Å². The van der Waals surface area contributed by atoms with Gasteiger partial charge in [0.25, 0.3) is 0 Å². The monoisotopic (exact) mass is 731 g/mol. The Balaban J connectivity index is 2.00. The van der Waals surface area contributed by atoms with Crippen LogP contribution >= 0.6 is 0 Å². The SMILES string of the molecule is COC(=O)CCCCCN(C)[C@@H](CC1CCCCC1)C(=O)NC(=O)CNC(=O)[C@@H](C)NC(=O)[C@H](Cc1c(C)cc(O)cc1C)NC(=O)OC(C)(C)C. The fourth-order valence-electron chi connectivity index (χ4n) is 6.41. The first-order valence-electron chi connectivity index (χ1n) is 18.4. The summed E-state index contributed by atoms with van der Waals surface area (Å²) >= 11 is 0. The van der Waals surface area contributed by atoms with Crippen molar-refractivity contribution in [2.45, 2.75) is 136 Å². The predicted octanol–water partition coefficient (Wildman–Crippen LogP) is 3.71. The Morgan fingerprint density at radius 1 is 0.923 bits per heavy atom. The number of amides is 5. The Kier molecular flexibility index (Phi) is 18.1. The number of benzene rings is 1. The molecule has 0 heterocycles. The Morgan fingerprint density at radius 2 is 1.56 bits per heavy atom. The van der Waals surface area contributed by atoms with E-state index < -0.39 is 60.0 Å². The standard InChI is InChI=1S/C38H61N5O9/c1-24-19-28(44)20-25(2)29(24)22-30(41-37(50)52-38(4,5)6)35(48)40-26(3)34(47)39-23-32(45)42-36(49)31(21-27-15-11-9-12-16-27)43(7)18-14-10-13-17-33(46)51-8/h19-20,26-27,30-31,44H,9-18,21-23H2,1-8H3,(H,39,47)(H,40,48)(H,41,50)(H,42,45,49)/t26-,30+,31+/m1/s1. The number of phenols is 1. The molecule has 292 valence electrons. The van der Waals surface area contributed by atoms with Gasteiger partial charge in [-0.15, -0.1) is 0 Å². The van der Waals surface area contributed by atoms with Crippen LogP contribution in [0.1, 0.15) is 109 Å². The molecule has 1 aromatic rings. The summed E-state index contributed by atoms with van der Waals surface area (Å²) in [5, 5.41) is 20.1. The highest BCUT2D eigenvalue weighted by molar-refractivity contribution is 6.00. The molecular weight excluding hydrogens is 670 g/mol. The number of carbonyl (C=O) groups is 6. The first kappa shape index (κ1) is 44.0. The fourth-order valence-corrected chi connectivity index (χ4v) is 6.41. The van der Waals surface area contributed by atoms with Crippen molar-refractivity contribution in [2.24, 2.45) is 5.92 Å². The van der Waals surface area contributed by atoms with E-state index in [1.165, 1.54) is 20.5 Å². The molecule has 2 rings (SSSR count). The van der Waals surface area contributed by atoms with Crippen molar-refractivity contribution in [3.8, 4) is 5.75 Å². The number of methoxy groups -OCH3 is 1. The number of nitrogens with zero attached hydrogens (tertiary/aromatic N) is 1. The highest BCUT2D eigenvalue weighted by Gasteiger charge is 2.30. The minimum atomic E-state index is -1.13. The molecule has 14 heteroatoms. The zero-order valence-electron chi connectivity index (χ0n) is 32.3. The number of aromatic hydroxyl groups is 1. The van der Waals surface area contributed by atoms with Crippen LogP contribution < -0.4 is 21.3 Å². The average molecular weight is 732 g/mol. The third-order valence-electron chi connectivity index (χ3n) is 9.27. The molecule has 1 aromatic carbocycles. The van der Waals surface area contributed by atoms with Gasteiger partial charge in [-0.25, -0.2) is 4.79 Å². The largest absolute Gasteiger partial charge is 0.508 e. The summed E-state index contributed by atoms with van der Waals surface area (Å²) in [5.74, 6) is -2.22. The first-order valence-corrected chi connectivity index (χ1v) is 18.4. The van der Waals surface area contributed by atoms with Crippen molar-refractivity contribution < 1.29 is 43.3 Å². The number of ether oxygens (including phenoxy) is 2. The van der Waals surface area contributed by atoms with Gasteiger partial charge in [0.15, 0.2) is 0 Å². The minimum Gasteiger partial charge on any atom is -0.508 e. The number of likely N-dealkylation sites (N-methyl/N-ethyl adjacent to an activating group) is 1. The summed E-state index contributed by atoms with van der Waals surface area (Å²) in [7, 11) is 3.22. The topological polar surface area (TPSA) is 192 Å². The average Bonchev–Trinajstić information content (AvgIpc) is 3.06. The van der Waals surface area contributed by atoms with E-state index in [1.54, 1.807) is 46.8 Å². The van der Waals surface area contributed by atoms with Crippen molar-refractivity contribution in [3.63, 3.8) is 0 Å². The number of aryl methyl sites for hydroxylation is 2. The van der Waals surface area contributed by atoms with E-state index in [0.29, 0.717) is 31.7 Å². The van der Waals surface area contributed by atoms with Crippen molar-refractivity contribution in [1.29, 1.82) is 0 Å². The lowest BCUT2D eigenvalue weighted by Crippen LogP contribution is -2.55. The minimum absolute atomic E-state index is 0.0614. The third-order valence-corrected chi connectivity index (χ3v) is 9.27. The number of esters is 1. The van der Waals surface area contributed by atoms with E-state index in [4.69, 9.17) is 9.47 Å². The molecule has 0 spiro atoms. The van der Waals surface area contributed by atoms with Gasteiger partial charge >= 0.3 is 12.1 Å². The number of carbonyl (C=O) groups excluding carboxylic acids is 6. The number of alkyl carbamates (subject to hydrolysis) is 1. The number of imide groups is 1. The second-order valence-corrected chi connectivity index (χ2v) is 14.9. The van der Waals surface area contributed by atoms with Crippen molar-refractivity contribution in [2.75, 3.05) is 27.2 Å². The zero-order valence-corrected chi connectivity index (χ0v) is 32.3. The number of hydrogen-bond donors (Lipinski definition) is 5. The zero-order chi connectivity index (χ0) is 39.0. The van der Waals surface area contributed by atoms with E-state index in [-0.39, 0.29) is 18.1 Å². The van der Waals surface area contributed by atoms with E-state index in [0.717, 1.165) is 55.2 Å². The second-order valence-electron chi connectivity index (χ2n) is 14.9. The maximum absolute atomic E-state index is 13.4. The number of hydrogen-bond acceptors (Lipinski definition) is 10. The van der Waals surface area contributed by atoms with Gasteiger partial charge in [0, 0.05) is 12.8 Å². The van der Waals surface area contributed by atoms with Crippen molar-refractivity contribution in [1.82, 2.24) is 26.2 Å². The molecule has 5 N–H and O–H groups in total. The van der Waals surface area contributed by atoms with E-state index in [1.807, 2.05) is 11.9 Å². The van der Waals surface area contributed by atoms with E-state index in [9.17, 15) is 33.9 Å². The molecule has 5 amide bonds. The van der Waals surface area contributed by atoms with Gasteiger partial charge in [0.2, 0.25) is 23.6 Å². The van der Waals surface area contributed by atoms with Crippen LogP contribution in [0.3, 0.4) is 0 Å². The van der Waals surface area contributed by atoms with Gasteiger partial charge in [-0.3, -0.25) is 34.2 Å². The summed E-state index contributed by atoms with van der Waals surface area (Å²) in [6.45, 7) is 10.2. The Labute approximate surface area is 308 Å². The van der Waals surface area contributed by atoms with Crippen molar-refractivity contribution >= 4 is 35.7 Å². The molecule has 52 heavy (non-hydrogen) atoms. The van der Waals surface area contributed by atoms with Crippen LogP contribution in [0.15, 0.2) is 12.1 Å². The second kappa shape index (κ2) is 21.4. The van der Waals surface area contributed by atoms with Crippen LogP contribution in [-0.2, 0) is 39.9 Å². The Morgan fingerprint density at radius 3 is 2.15 bits per heavy atom. The number of phenolic OH excluding ortho intramolecular Hbond substituents is 1. The molecule has 0 aromatic heterocycles. The smallest absolute Gasteiger partial charge is 0.408 e. The molecule has 0 unspecified atom stereocenters. The summed E-state index contributed by atoms with van der Waals surface area (Å²) < 4.78 is 10.1. The molecule has 1 fully saturated rings. The molecule has 1 aliphatic carbocycles. The van der Waals surface area contributed by atoms with E-state index >= 15 is 0 Å². The molecule has 1 saturated carbocycles. The Bertz CT molecular complexity index is 1360. The lowest BCUT2D eigenvalue weighted by atomic mass is 9.84. The number of unbranched alkanes of at least 4 members (excludes halogenated alkanes) is 2. The van der Waals surface area contributed by atoms with Gasteiger partial charge in [-0.1, -0.05) is 38.5 Å². The van der Waals surface area contributed by atoms with Gasteiger partial charge in [0.1, 0.15) is 23.4 Å². The van der Waals surface area contributed by atoms with Gasteiger partial charge in [-0.2, -0.15) is 0 Å². The van der Waals surface area contributed by atoms with Gasteiger partial charge in [0.05, 0.1) is 19.7 Å². The van der Waals surface area contributed by atoms with E-state index in [2.05, 4.69) is 21.3 Å². The molecule has 0 bridgehead atoms. The fraction of sp³-hybridized carbons (Fsp3) is 0.684. The quantitative estimate of drug-likeness (QED) is 0.110. The maximum Gasteiger partial charge on any atom is 0.408 e. The molecule has 0 radical (unpaired) electrons. The summed E-state index contributed by atoms with van der Waals surface area (Å²) in [4.78, 5) is 78.7. The summed E-state index contributed by atoms with van der Waals surface area (Å²) in [6.07, 6.45) is 7.95. The van der Waals surface area contributed by atoms with Crippen molar-refractivity contribution in [3.05, 3.63) is 28.8 Å². The normalized spacial score (nSPS) is 15.2. The highest BCUT2D eigenvalue weighted by atomic mass is 16.6. The summed E-state index contributed by atoms with van der Waals surface area (Å²) in [6, 6.07) is 0.368. The number of rotatable bonds is 18. The van der Waals surface area contributed by atoms with Crippen LogP contribution in [0.2, 0.25) is 0 Å². The highest BCUT2D eigenvalue weighted by Crippen LogP contribution is 2.29. The molecule has 3 atom stereocenters. The van der Waals surface area contributed by atoms with Gasteiger partial charge in [-0.05, 0) is 109 Å². The van der Waals surface area contributed by atoms with Crippen LogP contribution in [0.5, 0.6) is 5.75 Å². The molecular formula is C38H61N5O9. The number of nitrogens with one attached hydrogen (secondary N) is 4. The molecule has 0 aliphatic heterocycles. The molecule has 1 aliphatic rings. The van der Waals surface area contributed by atoms with Crippen LogP contribution in [0.4, 0.5) is 4.79 Å². The Hall–Kier alpha value is -4.20. The van der Waals surface area contributed by atoms with Gasteiger partial charge < -0.3 is 30.5 Å². The van der Waals surface area contributed by atoms with Crippen LogP contribution in [0, 0.1) is 19.8 Å². The first-order chi connectivity index (χ1) is 24.4. The predicted molar refractivity (Wildman–Crippen MR) is 196 cm³/mol.